The maximum atomic E-state index is 12.6. The number of ether oxygens (including phenoxy) is 1. The third kappa shape index (κ3) is 10.8. The average Bonchev–Trinajstić information content (AvgIpc) is 2.89. The summed E-state index contributed by atoms with van der Waals surface area (Å²) in [6.45, 7) is 23.1. The molecule has 0 spiro atoms. The molecule has 0 aromatic heterocycles. The molecular formula is C33H53N3O6Si2. The van der Waals surface area contributed by atoms with Gasteiger partial charge in [0, 0.05) is 25.2 Å². The summed E-state index contributed by atoms with van der Waals surface area (Å²) in [5.41, 5.74) is 2.45. The Kier molecular flexibility index (Phi) is 12.4. The van der Waals surface area contributed by atoms with Gasteiger partial charge in [0.25, 0.3) is 0 Å². The van der Waals surface area contributed by atoms with Crippen LogP contribution in [0.5, 0.6) is 11.5 Å². The van der Waals surface area contributed by atoms with Crippen LogP contribution < -0.4 is 24.8 Å². The largest absolute Gasteiger partial charge is 0.544 e. The monoisotopic (exact) mass is 643 g/mol. The Morgan fingerprint density at radius 3 is 1.89 bits per heavy atom. The summed E-state index contributed by atoms with van der Waals surface area (Å²) >= 11 is 0. The second-order valence-corrected chi connectivity index (χ2v) is 23.8. The van der Waals surface area contributed by atoms with Gasteiger partial charge in [-0.05, 0) is 72.5 Å². The maximum absolute atomic E-state index is 12.6. The molecule has 0 saturated heterocycles. The molecule has 0 bridgehead atoms. The van der Waals surface area contributed by atoms with E-state index in [2.05, 4.69) is 83.7 Å². The molecule has 0 aliphatic rings. The van der Waals surface area contributed by atoms with Crippen LogP contribution in [0, 0.1) is 6.92 Å². The summed E-state index contributed by atoms with van der Waals surface area (Å²) in [6, 6.07) is 12.3. The molecule has 44 heavy (non-hydrogen) atoms. The highest BCUT2D eigenvalue weighted by Gasteiger charge is 2.40. The Balaban J connectivity index is 1.92. The molecule has 1 unspecified atom stereocenters. The van der Waals surface area contributed by atoms with Crippen molar-refractivity contribution in [2.24, 2.45) is 0 Å². The Labute approximate surface area is 266 Å². The third-order valence-corrected chi connectivity index (χ3v) is 17.3. The number of amides is 3. The lowest BCUT2D eigenvalue weighted by atomic mass is 10.1. The normalized spacial score (nSPS) is 13.1. The van der Waals surface area contributed by atoms with Crippen LogP contribution >= 0.6 is 0 Å². The lowest BCUT2D eigenvalue weighted by molar-refractivity contribution is -0.132. The molecule has 11 heteroatoms. The number of rotatable bonds is 13. The minimum Gasteiger partial charge on any atom is -0.544 e. The number of likely N-dealkylation sites (N-methyl/N-ethyl adjacent to an activating group) is 1. The van der Waals surface area contributed by atoms with E-state index in [1.54, 1.807) is 6.07 Å². The van der Waals surface area contributed by atoms with Crippen molar-refractivity contribution in [2.75, 3.05) is 25.6 Å². The number of hydrogen-bond acceptors (Lipinski definition) is 6. The van der Waals surface area contributed by atoms with Gasteiger partial charge in [0.2, 0.25) is 34.4 Å². The molecular weight excluding hydrogens is 591 g/mol. The molecule has 3 amide bonds. The van der Waals surface area contributed by atoms with Crippen LogP contribution in [0.4, 0.5) is 5.69 Å². The highest BCUT2D eigenvalue weighted by Crippen LogP contribution is 2.39. The van der Waals surface area contributed by atoms with E-state index in [0.29, 0.717) is 12.1 Å². The van der Waals surface area contributed by atoms with Gasteiger partial charge < -0.3 is 29.5 Å². The van der Waals surface area contributed by atoms with Gasteiger partial charge in [0.15, 0.2) is 0 Å². The van der Waals surface area contributed by atoms with Gasteiger partial charge in [0.05, 0.1) is 0 Å². The molecule has 0 radical (unpaired) electrons. The lowest BCUT2D eigenvalue weighted by Crippen LogP contribution is -2.48. The van der Waals surface area contributed by atoms with Gasteiger partial charge in [-0.1, -0.05) is 59.7 Å². The summed E-state index contributed by atoms with van der Waals surface area (Å²) in [5.74, 6) is 0.311. The van der Waals surface area contributed by atoms with Crippen LogP contribution in [0.15, 0.2) is 42.5 Å². The molecule has 2 rings (SSSR count). The number of benzene rings is 2. The van der Waals surface area contributed by atoms with Crippen molar-refractivity contribution >= 4 is 40.0 Å². The average molecular weight is 644 g/mol. The van der Waals surface area contributed by atoms with E-state index >= 15 is 0 Å². The van der Waals surface area contributed by atoms with Crippen LogP contribution in [0.3, 0.4) is 0 Å². The SMILES string of the molecule is CNC(=O)C(Cc1ccc(O[Si](C)(C)C(C)(C)C)cc1)NC(=O)COCC(=O)Nc1ccc(C)c(O[Si](C)(C)C(C)(C)C)c1. The van der Waals surface area contributed by atoms with Crippen molar-refractivity contribution in [2.45, 2.75) is 97.2 Å². The summed E-state index contributed by atoms with van der Waals surface area (Å²) < 4.78 is 18.2. The van der Waals surface area contributed by atoms with Crippen LogP contribution in [-0.2, 0) is 25.5 Å². The Hall–Kier alpha value is -3.16. The Morgan fingerprint density at radius 2 is 1.34 bits per heavy atom. The highest BCUT2D eigenvalue weighted by atomic mass is 28.4. The van der Waals surface area contributed by atoms with Gasteiger partial charge in [0.1, 0.15) is 30.8 Å². The zero-order valence-corrected chi connectivity index (χ0v) is 30.7. The Morgan fingerprint density at radius 1 is 0.795 bits per heavy atom. The highest BCUT2D eigenvalue weighted by molar-refractivity contribution is 6.75. The fraction of sp³-hybridized carbons (Fsp3) is 0.545. The first kappa shape index (κ1) is 37.0. The summed E-state index contributed by atoms with van der Waals surface area (Å²) in [7, 11) is -2.51. The number of carbonyl (C=O) groups excluding carboxylic acids is 3. The van der Waals surface area contributed by atoms with E-state index in [4.69, 9.17) is 13.6 Å². The number of nitrogens with one attached hydrogen (secondary N) is 3. The van der Waals surface area contributed by atoms with Crippen molar-refractivity contribution in [1.29, 1.82) is 0 Å². The topological polar surface area (TPSA) is 115 Å². The molecule has 244 valence electrons. The number of hydrogen-bond donors (Lipinski definition) is 3. The zero-order chi connectivity index (χ0) is 33.5. The number of anilines is 1. The Bertz CT molecular complexity index is 1300. The summed E-state index contributed by atoms with van der Waals surface area (Å²) in [4.78, 5) is 37.7. The second-order valence-electron chi connectivity index (χ2n) is 14.3. The first-order chi connectivity index (χ1) is 20.1. The molecule has 3 N–H and O–H groups in total. The van der Waals surface area contributed by atoms with Gasteiger partial charge in [-0.3, -0.25) is 14.4 Å². The van der Waals surface area contributed by atoms with Gasteiger partial charge in [-0.2, -0.15) is 0 Å². The van der Waals surface area contributed by atoms with E-state index in [-0.39, 0.29) is 29.2 Å². The van der Waals surface area contributed by atoms with Gasteiger partial charge >= 0.3 is 0 Å². The van der Waals surface area contributed by atoms with Crippen molar-refractivity contribution in [1.82, 2.24) is 10.6 Å². The molecule has 0 saturated carbocycles. The maximum Gasteiger partial charge on any atom is 0.250 e. The molecule has 0 fully saturated rings. The van der Waals surface area contributed by atoms with E-state index in [0.717, 1.165) is 22.6 Å². The molecule has 1 atom stereocenters. The van der Waals surface area contributed by atoms with Crippen LogP contribution in [0.25, 0.3) is 0 Å². The van der Waals surface area contributed by atoms with Crippen molar-refractivity contribution in [3.8, 4) is 11.5 Å². The van der Waals surface area contributed by atoms with E-state index < -0.39 is 34.5 Å². The van der Waals surface area contributed by atoms with E-state index in [9.17, 15) is 14.4 Å². The first-order valence-corrected chi connectivity index (χ1v) is 20.9. The van der Waals surface area contributed by atoms with E-state index in [1.807, 2.05) is 43.3 Å². The smallest absolute Gasteiger partial charge is 0.250 e. The zero-order valence-electron chi connectivity index (χ0n) is 28.7. The van der Waals surface area contributed by atoms with Gasteiger partial charge in [-0.25, -0.2) is 0 Å². The standard InChI is InChI=1S/C33H53N3O6Si2/c1-23-13-16-25(20-28(23)42-44(11,12)33(5,6)7)35-29(37)21-40-22-30(38)36-27(31(39)34-8)19-24-14-17-26(18-15-24)41-43(9,10)32(2,3)4/h13-18,20,27H,19,21-22H2,1-12H3,(H,34,39)(H,35,37)(H,36,38). The molecule has 0 heterocycles. The van der Waals surface area contributed by atoms with Crippen molar-refractivity contribution in [3.05, 3.63) is 53.6 Å². The minimum absolute atomic E-state index is 0.0358. The minimum atomic E-state index is -2.06. The molecule has 2 aromatic carbocycles. The van der Waals surface area contributed by atoms with E-state index in [1.165, 1.54) is 7.05 Å². The van der Waals surface area contributed by atoms with Crippen LogP contribution in [-0.4, -0.2) is 60.7 Å². The van der Waals surface area contributed by atoms with Crippen molar-refractivity contribution < 1.29 is 28.0 Å². The second kappa shape index (κ2) is 14.7. The van der Waals surface area contributed by atoms with Crippen LogP contribution in [0.2, 0.25) is 36.3 Å². The third-order valence-electron chi connectivity index (χ3n) is 8.55. The quantitative estimate of drug-likeness (QED) is 0.224. The predicted octanol–water partition coefficient (Wildman–Crippen LogP) is 6.19. The predicted molar refractivity (Wildman–Crippen MR) is 182 cm³/mol. The fourth-order valence-electron chi connectivity index (χ4n) is 3.65. The van der Waals surface area contributed by atoms with Gasteiger partial charge in [-0.15, -0.1) is 0 Å². The number of carbonyl (C=O) groups is 3. The summed E-state index contributed by atoms with van der Waals surface area (Å²) in [6.07, 6.45) is 0.291. The summed E-state index contributed by atoms with van der Waals surface area (Å²) in [5, 5.41) is 8.23. The first-order valence-electron chi connectivity index (χ1n) is 15.1. The number of aryl methyl sites for hydroxylation is 1. The molecule has 9 nitrogen and oxygen atoms in total. The van der Waals surface area contributed by atoms with Crippen molar-refractivity contribution in [3.63, 3.8) is 0 Å². The molecule has 2 aromatic rings. The lowest BCUT2D eigenvalue weighted by Gasteiger charge is -2.37. The fourth-order valence-corrected chi connectivity index (χ4v) is 5.75. The molecule has 0 aliphatic heterocycles. The molecule has 0 aliphatic carbocycles. The van der Waals surface area contributed by atoms with Crippen LogP contribution in [0.1, 0.15) is 52.7 Å².